The number of anilines is 1. The van der Waals surface area contributed by atoms with Gasteiger partial charge < -0.3 is 5.32 Å². The van der Waals surface area contributed by atoms with Crippen LogP contribution in [0.1, 0.15) is 40.1 Å². The molecule has 0 unspecified atom stereocenters. The normalized spacial score (nSPS) is 14.5. The van der Waals surface area contributed by atoms with Crippen LogP contribution in [0, 0.1) is 11.8 Å². The van der Waals surface area contributed by atoms with Crippen molar-refractivity contribution in [3.8, 4) is 11.8 Å². The summed E-state index contributed by atoms with van der Waals surface area (Å²) in [7, 11) is -3.72. The Bertz CT molecular complexity index is 1230. The van der Waals surface area contributed by atoms with Gasteiger partial charge in [-0.25, -0.2) is 8.42 Å². The van der Waals surface area contributed by atoms with Crippen molar-refractivity contribution in [1.29, 1.82) is 0 Å². The molecule has 31 heavy (non-hydrogen) atoms. The van der Waals surface area contributed by atoms with Gasteiger partial charge in [0.15, 0.2) is 0 Å². The van der Waals surface area contributed by atoms with Gasteiger partial charge >= 0.3 is 0 Å². The van der Waals surface area contributed by atoms with Gasteiger partial charge in [0.25, 0.3) is 5.91 Å². The standard InChI is InChI=1S/C24H22N2O3S2/c27-24(25-20-9-6-8-19(18-20)13-14-21-10-7-17-30-21)22-11-2-3-12-23(22)31(28,29)26-15-4-1-5-16-26/h2-3,6-12,17-18H,1,4-5,15-16H2,(H,25,27). The third-order valence-corrected chi connectivity index (χ3v) is 7.78. The quantitative estimate of drug-likeness (QED) is 0.592. The lowest BCUT2D eigenvalue weighted by Crippen LogP contribution is -2.36. The van der Waals surface area contributed by atoms with Crippen LogP contribution in [0.4, 0.5) is 5.69 Å². The van der Waals surface area contributed by atoms with Crippen molar-refractivity contribution in [2.75, 3.05) is 18.4 Å². The summed E-state index contributed by atoms with van der Waals surface area (Å²) in [5, 5.41) is 4.79. The molecule has 2 heterocycles. The number of sulfonamides is 1. The third-order valence-electron chi connectivity index (χ3n) is 5.04. The fraction of sp³-hybridized carbons (Fsp3) is 0.208. The Morgan fingerprint density at radius 2 is 1.74 bits per heavy atom. The van der Waals surface area contributed by atoms with Gasteiger partial charge in [-0.05, 0) is 54.6 Å². The first-order valence-electron chi connectivity index (χ1n) is 10.1. The van der Waals surface area contributed by atoms with Crippen molar-refractivity contribution in [3.05, 3.63) is 82.0 Å². The minimum atomic E-state index is -3.72. The molecule has 1 aliphatic heterocycles. The summed E-state index contributed by atoms with van der Waals surface area (Å²) in [6, 6.07) is 17.5. The van der Waals surface area contributed by atoms with E-state index >= 15 is 0 Å². The lowest BCUT2D eigenvalue weighted by Gasteiger charge is -2.26. The first kappa shape index (κ1) is 21.3. The minimum Gasteiger partial charge on any atom is -0.322 e. The smallest absolute Gasteiger partial charge is 0.257 e. The van der Waals surface area contributed by atoms with Crippen molar-refractivity contribution in [2.24, 2.45) is 0 Å². The van der Waals surface area contributed by atoms with Crippen molar-refractivity contribution in [1.82, 2.24) is 4.31 Å². The van der Waals surface area contributed by atoms with Gasteiger partial charge in [-0.3, -0.25) is 4.79 Å². The number of benzene rings is 2. The maximum atomic E-state index is 13.1. The van der Waals surface area contributed by atoms with Crippen molar-refractivity contribution in [3.63, 3.8) is 0 Å². The summed E-state index contributed by atoms with van der Waals surface area (Å²) in [4.78, 5) is 14.0. The fourth-order valence-electron chi connectivity index (χ4n) is 3.48. The highest BCUT2D eigenvalue weighted by Gasteiger charge is 2.29. The monoisotopic (exact) mass is 450 g/mol. The molecule has 3 aromatic rings. The van der Waals surface area contributed by atoms with Crippen LogP contribution in [0.2, 0.25) is 0 Å². The van der Waals surface area contributed by atoms with E-state index in [9.17, 15) is 13.2 Å². The first-order chi connectivity index (χ1) is 15.0. The molecule has 1 aliphatic rings. The molecule has 0 radical (unpaired) electrons. The average Bonchev–Trinajstić information content (AvgIpc) is 3.32. The Balaban J connectivity index is 1.57. The molecule has 1 amide bonds. The van der Waals surface area contributed by atoms with Crippen LogP contribution in [0.5, 0.6) is 0 Å². The molecule has 0 saturated carbocycles. The van der Waals surface area contributed by atoms with Crippen LogP contribution >= 0.6 is 11.3 Å². The zero-order valence-electron chi connectivity index (χ0n) is 16.9. The Labute approximate surface area is 186 Å². The molecular formula is C24H22N2O3S2. The van der Waals surface area contributed by atoms with E-state index in [4.69, 9.17) is 0 Å². The number of amides is 1. The zero-order chi connectivity index (χ0) is 21.7. The molecule has 158 valence electrons. The summed E-state index contributed by atoms with van der Waals surface area (Å²) in [5.74, 6) is 5.72. The molecule has 0 bridgehead atoms. The van der Waals surface area contributed by atoms with E-state index < -0.39 is 15.9 Å². The van der Waals surface area contributed by atoms with Gasteiger partial charge in [-0.2, -0.15) is 4.31 Å². The van der Waals surface area contributed by atoms with Gasteiger partial charge in [0, 0.05) is 24.3 Å². The summed E-state index contributed by atoms with van der Waals surface area (Å²) < 4.78 is 27.8. The number of nitrogens with one attached hydrogen (secondary N) is 1. The van der Waals surface area contributed by atoms with Gasteiger partial charge in [-0.1, -0.05) is 42.5 Å². The molecule has 2 aromatic carbocycles. The summed E-state index contributed by atoms with van der Waals surface area (Å²) >= 11 is 1.57. The van der Waals surface area contributed by atoms with Gasteiger partial charge in [0.2, 0.25) is 10.0 Å². The molecule has 0 spiro atoms. The highest BCUT2D eigenvalue weighted by molar-refractivity contribution is 7.89. The number of piperidine rings is 1. The lowest BCUT2D eigenvalue weighted by molar-refractivity contribution is 0.102. The van der Waals surface area contributed by atoms with Crippen molar-refractivity contribution in [2.45, 2.75) is 24.2 Å². The number of rotatable bonds is 4. The third kappa shape index (κ3) is 5.05. The molecule has 4 rings (SSSR count). The van der Waals surface area contributed by atoms with E-state index in [2.05, 4.69) is 17.2 Å². The molecule has 1 fully saturated rings. The second-order valence-corrected chi connectivity index (χ2v) is 10.1. The minimum absolute atomic E-state index is 0.0445. The fourth-order valence-corrected chi connectivity index (χ4v) is 5.76. The maximum absolute atomic E-state index is 13.1. The highest BCUT2D eigenvalue weighted by Crippen LogP contribution is 2.24. The van der Waals surface area contributed by atoms with Gasteiger partial charge in [0.1, 0.15) is 0 Å². The number of carbonyl (C=O) groups is 1. The van der Waals surface area contributed by atoms with Crippen molar-refractivity contribution < 1.29 is 13.2 Å². The molecule has 1 aromatic heterocycles. The number of nitrogens with zero attached hydrogens (tertiary/aromatic N) is 1. The summed E-state index contributed by atoms with van der Waals surface area (Å²) in [6.45, 7) is 0.979. The van der Waals surface area contributed by atoms with Crippen LogP contribution in [-0.2, 0) is 10.0 Å². The number of thiophene rings is 1. The van der Waals surface area contributed by atoms with Crippen LogP contribution in [0.3, 0.4) is 0 Å². The van der Waals surface area contributed by atoms with Crippen molar-refractivity contribution >= 4 is 33.0 Å². The van der Waals surface area contributed by atoms with E-state index in [1.165, 1.54) is 10.4 Å². The van der Waals surface area contributed by atoms with E-state index in [1.54, 1.807) is 41.7 Å². The maximum Gasteiger partial charge on any atom is 0.257 e. The number of hydrogen-bond acceptors (Lipinski definition) is 4. The Kier molecular flexibility index (Phi) is 6.52. The summed E-state index contributed by atoms with van der Waals surface area (Å²) in [6.07, 6.45) is 2.71. The number of carbonyl (C=O) groups excluding carboxylic acids is 1. The molecule has 7 heteroatoms. The van der Waals surface area contributed by atoms with E-state index in [0.29, 0.717) is 18.8 Å². The zero-order valence-corrected chi connectivity index (χ0v) is 18.5. The Morgan fingerprint density at radius 3 is 2.52 bits per heavy atom. The van der Waals surface area contributed by atoms with Gasteiger partial charge in [-0.15, -0.1) is 11.3 Å². The highest BCUT2D eigenvalue weighted by atomic mass is 32.2. The largest absolute Gasteiger partial charge is 0.322 e. The van der Waals surface area contributed by atoms with Crippen LogP contribution in [-0.4, -0.2) is 31.7 Å². The number of hydrogen-bond donors (Lipinski definition) is 1. The molecule has 0 aliphatic carbocycles. The topological polar surface area (TPSA) is 66.5 Å². The predicted molar refractivity (Wildman–Crippen MR) is 124 cm³/mol. The van der Waals surface area contributed by atoms with E-state index in [0.717, 1.165) is 29.7 Å². The lowest BCUT2D eigenvalue weighted by atomic mass is 10.1. The second-order valence-electron chi connectivity index (χ2n) is 7.22. The van der Waals surface area contributed by atoms with Crippen LogP contribution in [0.25, 0.3) is 0 Å². The SMILES string of the molecule is O=C(Nc1cccc(C#Cc2cccs2)c1)c1ccccc1S(=O)(=O)N1CCCCC1. The van der Waals surface area contributed by atoms with Crippen LogP contribution in [0.15, 0.2) is 70.9 Å². The predicted octanol–water partition coefficient (Wildman–Crippen LogP) is 4.57. The molecule has 1 N–H and O–H groups in total. The Morgan fingerprint density at radius 1 is 0.935 bits per heavy atom. The average molecular weight is 451 g/mol. The van der Waals surface area contributed by atoms with Gasteiger partial charge in [0.05, 0.1) is 15.3 Å². The first-order valence-corrected chi connectivity index (χ1v) is 12.4. The summed E-state index contributed by atoms with van der Waals surface area (Å²) in [5.41, 5.74) is 1.47. The second kappa shape index (κ2) is 9.48. The van der Waals surface area contributed by atoms with E-state index in [-0.39, 0.29) is 10.5 Å². The molecule has 5 nitrogen and oxygen atoms in total. The Hall–Kier alpha value is -2.92. The molecular weight excluding hydrogens is 428 g/mol. The van der Waals surface area contributed by atoms with E-state index in [1.807, 2.05) is 29.6 Å². The molecule has 1 saturated heterocycles. The molecule has 0 atom stereocenters. The van der Waals surface area contributed by atoms with Crippen LogP contribution < -0.4 is 5.32 Å².